The van der Waals surface area contributed by atoms with Gasteiger partial charge in [0.05, 0.1) is 28.9 Å². The summed E-state index contributed by atoms with van der Waals surface area (Å²) in [6.45, 7) is 4.37. The summed E-state index contributed by atoms with van der Waals surface area (Å²) in [4.78, 5) is 15.5. The molecule has 2 heterocycles. The lowest BCUT2D eigenvalue weighted by Gasteiger charge is -2.20. The van der Waals surface area contributed by atoms with E-state index in [1.807, 2.05) is 13.8 Å². The Kier molecular flexibility index (Phi) is 5.85. The van der Waals surface area contributed by atoms with Crippen molar-refractivity contribution in [2.45, 2.75) is 37.9 Å². The third-order valence-corrected chi connectivity index (χ3v) is 6.13. The first-order valence-corrected chi connectivity index (χ1v) is 11.6. The second-order valence-corrected chi connectivity index (χ2v) is 9.35. The summed E-state index contributed by atoms with van der Waals surface area (Å²) in [5, 5.41) is 4.47. The fraction of sp³-hybridized carbons (Fsp3) is 0.273. The molecule has 2 aromatic carbocycles. The maximum atomic E-state index is 14.3. The van der Waals surface area contributed by atoms with Gasteiger partial charge in [-0.2, -0.15) is 5.10 Å². The summed E-state index contributed by atoms with van der Waals surface area (Å²) >= 11 is 5.87. The number of hydrogen-bond acceptors (Lipinski definition) is 4. The van der Waals surface area contributed by atoms with Crippen LogP contribution < -0.4 is 4.74 Å². The van der Waals surface area contributed by atoms with Crippen LogP contribution in [0.1, 0.15) is 35.5 Å². The van der Waals surface area contributed by atoms with Crippen LogP contribution in [0.25, 0.3) is 5.69 Å². The molecule has 0 fully saturated rings. The van der Waals surface area contributed by atoms with Crippen LogP contribution in [0.2, 0.25) is 5.02 Å². The Morgan fingerprint density at radius 1 is 1.26 bits per heavy atom. The number of fused-ring (bicyclic) bond motifs is 1. The van der Waals surface area contributed by atoms with Crippen molar-refractivity contribution in [3.63, 3.8) is 0 Å². The number of ether oxygens (including phenoxy) is 1. The number of rotatable bonds is 5. The molecule has 0 bridgehead atoms. The molecule has 0 aliphatic carbocycles. The molecule has 6 nitrogen and oxygen atoms in total. The molecule has 0 spiro atoms. The molecule has 1 unspecified atom stereocenters. The van der Waals surface area contributed by atoms with Gasteiger partial charge in [-0.1, -0.05) is 17.7 Å². The van der Waals surface area contributed by atoms with Gasteiger partial charge in [-0.15, -0.1) is 0 Å². The van der Waals surface area contributed by atoms with Crippen molar-refractivity contribution in [3.8, 4) is 11.4 Å². The number of halogens is 2. The van der Waals surface area contributed by atoms with Crippen LogP contribution in [0.3, 0.4) is 0 Å². The van der Waals surface area contributed by atoms with E-state index in [1.54, 1.807) is 47.7 Å². The number of hydrogen-bond donors (Lipinski definition) is 0. The second-order valence-electron chi connectivity index (χ2n) is 7.56. The van der Waals surface area contributed by atoms with E-state index in [9.17, 15) is 13.4 Å². The highest BCUT2D eigenvalue weighted by Crippen LogP contribution is 2.30. The fourth-order valence-electron chi connectivity index (χ4n) is 3.47. The van der Waals surface area contributed by atoms with Crippen molar-refractivity contribution < 1.29 is 18.1 Å². The number of aromatic nitrogens is 2. The molecule has 4 rings (SSSR count). The van der Waals surface area contributed by atoms with E-state index in [0.717, 1.165) is 5.56 Å². The van der Waals surface area contributed by atoms with Crippen molar-refractivity contribution in [1.82, 2.24) is 14.7 Å². The van der Waals surface area contributed by atoms with Gasteiger partial charge >= 0.3 is 0 Å². The fourth-order valence-corrected chi connectivity index (χ4v) is 4.18. The summed E-state index contributed by atoms with van der Waals surface area (Å²) in [6, 6.07) is 9.73. The molecule has 1 atom stereocenters. The third-order valence-electron chi connectivity index (χ3n) is 4.92. The van der Waals surface area contributed by atoms with Crippen molar-refractivity contribution in [3.05, 3.63) is 70.3 Å². The van der Waals surface area contributed by atoms with E-state index in [4.69, 9.17) is 16.3 Å². The van der Waals surface area contributed by atoms with Crippen LogP contribution in [0.5, 0.6) is 5.75 Å². The van der Waals surface area contributed by atoms with E-state index in [0.29, 0.717) is 28.4 Å². The van der Waals surface area contributed by atoms with Crippen molar-refractivity contribution in [2.24, 2.45) is 0 Å². The van der Waals surface area contributed by atoms with Gasteiger partial charge in [-0.25, -0.2) is 9.07 Å². The molecule has 31 heavy (non-hydrogen) atoms. The summed E-state index contributed by atoms with van der Waals surface area (Å²) < 4.78 is 33.5. The highest BCUT2D eigenvalue weighted by atomic mass is 35.5. The first-order chi connectivity index (χ1) is 14.7. The minimum atomic E-state index is -1.23. The smallest absolute Gasteiger partial charge is 0.258 e. The Bertz CT molecular complexity index is 1170. The Labute approximate surface area is 187 Å². The van der Waals surface area contributed by atoms with Crippen LogP contribution in [0, 0.1) is 5.82 Å². The molecule has 162 valence electrons. The molecule has 1 aliphatic heterocycles. The predicted molar refractivity (Wildman–Crippen MR) is 117 cm³/mol. The lowest BCUT2D eigenvalue weighted by atomic mass is 10.1. The number of nitrogens with zero attached hydrogens (tertiary/aromatic N) is 3. The van der Waals surface area contributed by atoms with Gasteiger partial charge in [0.1, 0.15) is 11.4 Å². The number of carbonyl (C=O) groups excluding carboxylic acids is 1. The Balaban J connectivity index is 1.60. The molecule has 9 heteroatoms. The first kappa shape index (κ1) is 21.5. The summed E-state index contributed by atoms with van der Waals surface area (Å²) in [5.74, 6) is -0.329. The minimum Gasteiger partial charge on any atom is -0.490 e. The molecule has 3 aromatic rings. The summed E-state index contributed by atoms with van der Waals surface area (Å²) in [5.41, 5.74) is 2.13. The third kappa shape index (κ3) is 4.22. The zero-order chi connectivity index (χ0) is 22.3. The normalized spacial score (nSPS) is 14.1. The molecule has 0 N–H and O–H groups in total. The molecule has 1 amide bonds. The SMILES string of the molecule is CC(C)Oc1ccc(S(C)=O)cc1C(=O)N1Cc2cn(-c3cccc(Cl)c3F)nc2C1. The Morgan fingerprint density at radius 2 is 2.03 bits per heavy atom. The van der Waals surface area contributed by atoms with Crippen molar-refractivity contribution in [2.75, 3.05) is 6.26 Å². The van der Waals surface area contributed by atoms with Gasteiger partial charge in [-0.3, -0.25) is 9.00 Å². The maximum Gasteiger partial charge on any atom is 0.258 e. The molecule has 0 saturated heterocycles. The first-order valence-electron chi connectivity index (χ1n) is 9.69. The van der Waals surface area contributed by atoms with Crippen molar-refractivity contribution in [1.29, 1.82) is 0 Å². The van der Waals surface area contributed by atoms with Gasteiger partial charge in [0, 0.05) is 40.3 Å². The molecule has 0 saturated carbocycles. The van der Waals surface area contributed by atoms with Crippen molar-refractivity contribution >= 4 is 28.3 Å². The largest absolute Gasteiger partial charge is 0.490 e. The van der Waals surface area contributed by atoms with E-state index >= 15 is 0 Å². The number of benzene rings is 2. The molecule has 0 radical (unpaired) electrons. The second kappa shape index (κ2) is 8.43. The van der Waals surface area contributed by atoms with Gasteiger partial charge < -0.3 is 9.64 Å². The van der Waals surface area contributed by atoms with Crippen LogP contribution in [-0.2, 0) is 23.9 Å². The molecular formula is C22H21ClFN3O3S. The summed E-state index contributed by atoms with van der Waals surface area (Å²) in [7, 11) is -1.23. The van der Waals surface area contributed by atoms with E-state index < -0.39 is 16.6 Å². The number of amides is 1. The molecular weight excluding hydrogens is 441 g/mol. The predicted octanol–water partition coefficient (Wildman–Crippen LogP) is 4.35. The van der Waals surface area contributed by atoms with E-state index in [1.165, 1.54) is 10.7 Å². The van der Waals surface area contributed by atoms with Gasteiger partial charge in [0.25, 0.3) is 5.91 Å². The average Bonchev–Trinajstić information content (AvgIpc) is 3.28. The lowest BCUT2D eigenvalue weighted by Crippen LogP contribution is -2.27. The van der Waals surface area contributed by atoms with Crippen LogP contribution >= 0.6 is 11.6 Å². The minimum absolute atomic E-state index is 0.0239. The maximum absolute atomic E-state index is 14.3. The van der Waals surface area contributed by atoms with Crippen LogP contribution in [0.4, 0.5) is 4.39 Å². The van der Waals surface area contributed by atoms with Gasteiger partial charge in [0.2, 0.25) is 0 Å². The highest BCUT2D eigenvalue weighted by Gasteiger charge is 2.30. The van der Waals surface area contributed by atoms with E-state index in [2.05, 4.69) is 5.10 Å². The van der Waals surface area contributed by atoms with Gasteiger partial charge in [-0.05, 0) is 44.2 Å². The zero-order valence-corrected chi connectivity index (χ0v) is 18.8. The van der Waals surface area contributed by atoms with E-state index in [-0.39, 0.29) is 29.3 Å². The lowest BCUT2D eigenvalue weighted by molar-refractivity contribution is 0.0742. The summed E-state index contributed by atoms with van der Waals surface area (Å²) in [6.07, 6.45) is 3.16. The number of carbonyl (C=O) groups is 1. The quantitative estimate of drug-likeness (QED) is 0.566. The Morgan fingerprint density at radius 3 is 2.71 bits per heavy atom. The van der Waals surface area contributed by atoms with Crippen LogP contribution in [0.15, 0.2) is 47.5 Å². The monoisotopic (exact) mass is 461 g/mol. The molecule has 1 aliphatic rings. The topological polar surface area (TPSA) is 64.4 Å². The van der Waals surface area contributed by atoms with Crippen LogP contribution in [-0.4, -0.2) is 37.2 Å². The van der Waals surface area contributed by atoms with Gasteiger partial charge in [0.15, 0.2) is 5.82 Å². The highest BCUT2D eigenvalue weighted by molar-refractivity contribution is 7.84. The standard InChI is InChI=1S/C22H21ClFN3O3S/c1-13(2)30-20-8-7-15(31(3)29)9-16(20)22(28)26-10-14-11-27(25-18(14)12-26)19-6-4-5-17(23)21(19)24/h4-9,11,13H,10,12H2,1-3H3. The molecule has 1 aromatic heterocycles. The average molecular weight is 462 g/mol. The Hall–Kier alpha value is -2.71. The zero-order valence-electron chi connectivity index (χ0n) is 17.3.